The van der Waals surface area contributed by atoms with Crippen LogP contribution in [-0.4, -0.2) is 23.8 Å². The molecule has 3 nitrogen and oxygen atoms in total. The molecule has 1 saturated heterocycles. The van der Waals surface area contributed by atoms with Gasteiger partial charge in [-0.15, -0.1) is 0 Å². The molecule has 0 aromatic carbocycles. The molecule has 1 aliphatic carbocycles. The fourth-order valence-electron chi connectivity index (χ4n) is 1.91. The Balaban J connectivity index is 2.20. The Morgan fingerprint density at radius 1 is 1.46 bits per heavy atom. The zero-order valence-electron chi connectivity index (χ0n) is 8.00. The van der Waals surface area contributed by atoms with Gasteiger partial charge in [-0.2, -0.15) is 0 Å². The molecular formula is C10H14O3. The van der Waals surface area contributed by atoms with E-state index < -0.39 is 11.9 Å². The molecule has 0 amide bonds. The van der Waals surface area contributed by atoms with E-state index in [1.54, 1.807) is 0 Å². The van der Waals surface area contributed by atoms with E-state index in [0.717, 1.165) is 12.8 Å². The first kappa shape index (κ1) is 8.91. The van der Waals surface area contributed by atoms with Crippen molar-refractivity contribution in [2.24, 2.45) is 0 Å². The summed E-state index contributed by atoms with van der Waals surface area (Å²) in [6, 6.07) is 0. The monoisotopic (exact) mass is 182 g/mol. The Bertz CT molecular complexity index is 267. The number of fused-ring (bicyclic) bond motifs is 1. The van der Waals surface area contributed by atoms with Crippen LogP contribution in [0.3, 0.4) is 0 Å². The van der Waals surface area contributed by atoms with Crippen molar-refractivity contribution in [1.29, 1.82) is 0 Å². The van der Waals surface area contributed by atoms with E-state index in [2.05, 4.69) is 6.58 Å². The highest BCUT2D eigenvalue weighted by Gasteiger charge is 2.47. The number of hydrogen-bond acceptors (Lipinski definition) is 3. The summed E-state index contributed by atoms with van der Waals surface area (Å²) in [4.78, 5) is 11.6. The van der Waals surface area contributed by atoms with Crippen LogP contribution in [0.1, 0.15) is 26.7 Å². The van der Waals surface area contributed by atoms with Crippen molar-refractivity contribution in [3.8, 4) is 0 Å². The van der Waals surface area contributed by atoms with Crippen LogP contribution in [0.15, 0.2) is 12.2 Å². The van der Waals surface area contributed by atoms with Gasteiger partial charge < -0.3 is 9.47 Å². The second kappa shape index (κ2) is 2.66. The first-order chi connectivity index (χ1) is 5.99. The third kappa shape index (κ3) is 1.42. The lowest BCUT2D eigenvalue weighted by Crippen LogP contribution is -2.36. The molecule has 0 bridgehead atoms. The maximum Gasteiger partial charge on any atom is 0.189 e. The fourth-order valence-corrected chi connectivity index (χ4v) is 1.91. The number of rotatable bonds is 0. The van der Waals surface area contributed by atoms with E-state index in [9.17, 15) is 4.79 Å². The Hall–Kier alpha value is -0.670. The first-order valence-electron chi connectivity index (χ1n) is 4.57. The average molecular weight is 182 g/mol. The zero-order valence-corrected chi connectivity index (χ0v) is 8.00. The second-order valence-corrected chi connectivity index (χ2v) is 4.10. The summed E-state index contributed by atoms with van der Waals surface area (Å²) in [5.41, 5.74) is 0.669. The molecule has 0 aromatic rings. The van der Waals surface area contributed by atoms with Crippen LogP contribution >= 0.6 is 0 Å². The van der Waals surface area contributed by atoms with Gasteiger partial charge in [0.2, 0.25) is 0 Å². The number of ether oxygens (including phenoxy) is 2. The van der Waals surface area contributed by atoms with Crippen molar-refractivity contribution < 1.29 is 14.3 Å². The molecule has 2 aliphatic rings. The molecule has 1 heterocycles. The third-order valence-electron chi connectivity index (χ3n) is 2.52. The molecule has 1 aliphatic heterocycles. The lowest BCUT2D eigenvalue weighted by atomic mass is 9.90. The van der Waals surface area contributed by atoms with Crippen molar-refractivity contribution in [3.63, 3.8) is 0 Å². The minimum atomic E-state index is -0.615. The first-order valence-corrected chi connectivity index (χ1v) is 4.57. The maximum atomic E-state index is 11.6. The van der Waals surface area contributed by atoms with E-state index in [-0.39, 0.29) is 11.9 Å². The van der Waals surface area contributed by atoms with E-state index in [1.807, 2.05) is 13.8 Å². The quantitative estimate of drug-likeness (QED) is 0.531. The Morgan fingerprint density at radius 2 is 2.15 bits per heavy atom. The minimum absolute atomic E-state index is 0.0156. The fraction of sp³-hybridized carbons (Fsp3) is 0.700. The average Bonchev–Trinajstić information content (AvgIpc) is 2.34. The van der Waals surface area contributed by atoms with E-state index in [4.69, 9.17) is 9.47 Å². The molecule has 0 radical (unpaired) electrons. The van der Waals surface area contributed by atoms with Crippen LogP contribution in [0.25, 0.3) is 0 Å². The van der Waals surface area contributed by atoms with Crippen molar-refractivity contribution >= 4 is 5.78 Å². The molecule has 2 rings (SSSR count). The zero-order chi connectivity index (χ0) is 9.64. The summed E-state index contributed by atoms with van der Waals surface area (Å²) < 4.78 is 11.1. The predicted octanol–water partition coefficient (Wildman–Crippen LogP) is 1.43. The van der Waals surface area contributed by atoms with Gasteiger partial charge in [0.25, 0.3) is 0 Å². The number of ketones is 1. The Labute approximate surface area is 77.7 Å². The molecule has 0 N–H and O–H groups in total. The molecule has 0 spiro atoms. The Kier molecular flexibility index (Phi) is 1.82. The highest BCUT2D eigenvalue weighted by atomic mass is 16.8. The maximum absolute atomic E-state index is 11.6. The van der Waals surface area contributed by atoms with E-state index >= 15 is 0 Å². The van der Waals surface area contributed by atoms with Gasteiger partial charge in [0.05, 0.1) is 6.10 Å². The smallest absolute Gasteiger partial charge is 0.189 e. The second-order valence-electron chi connectivity index (χ2n) is 4.10. The normalized spacial score (nSPS) is 37.7. The van der Waals surface area contributed by atoms with Gasteiger partial charge in [-0.3, -0.25) is 4.79 Å². The summed E-state index contributed by atoms with van der Waals surface area (Å²) >= 11 is 0. The summed E-state index contributed by atoms with van der Waals surface area (Å²) in [5, 5.41) is 0. The lowest BCUT2D eigenvalue weighted by Gasteiger charge is -2.21. The van der Waals surface area contributed by atoms with Crippen molar-refractivity contribution in [3.05, 3.63) is 12.2 Å². The van der Waals surface area contributed by atoms with Crippen LogP contribution in [0, 0.1) is 0 Å². The molecule has 0 aromatic heterocycles. The van der Waals surface area contributed by atoms with Crippen molar-refractivity contribution in [1.82, 2.24) is 0 Å². The summed E-state index contributed by atoms with van der Waals surface area (Å²) in [7, 11) is 0. The summed E-state index contributed by atoms with van der Waals surface area (Å²) in [6.45, 7) is 7.39. The molecule has 1 saturated carbocycles. The highest BCUT2D eigenvalue weighted by Crippen LogP contribution is 2.36. The largest absolute Gasteiger partial charge is 0.344 e. The molecule has 0 unspecified atom stereocenters. The number of hydrogen-bond donors (Lipinski definition) is 0. The van der Waals surface area contributed by atoms with Gasteiger partial charge in [0.15, 0.2) is 11.6 Å². The topological polar surface area (TPSA) is 35.5 Å². The van der Waals surface area contributed by atoms with Crippen molar-refractivity contribution in [2.75, 3.05) is 0 Å². The molecule has 2 fully saturated rings. The number of carbonyl (C=O) groups excluding carboxylic acids is 1. The van der Waals surface area contributed by atoms with Crippen molar-refractivity contribution in [2.45, 2.75) is 44.7 Å². The number of Topliss-reactive ketones (excluding diaryl/α,β-unsaturated/α-hetero) is 1. The number of carbonyl (C=O) groups is 1. The van der Waals surface area contributed by atoms with E-state index in [0.29, 0.717) is 5.57 Å². The Morgan fingerprint density at radius 3 is 2.85 bits per heavy atom. The van der Waals surface area contributed by atoms with Crippen LogP contribution < -0.4 is 0 Å². The minimum Gasteiger partial charge on any atom is -0.344 e. The van der Waals surface area contributed by atoms with Gasteiger partial charge >= 0.3 is 0 Å². The lowest BCUT2D eigenvalue weighted by molar-refractivity contribution is -0.152. The molecule has 72 valence electrons. The van der Waals surface area contributed by atoms with Crippen LogP contribution in [0.5, 0.6) is 0 Å². The standard InChI is InChI=1S/C10H14O3/c1-6-4-5-7-9(8(6)11)13-10(2,3)12-7/h7,9H,1,4-5H2,2-3H3/t7-,9-/m1/s1. The molecule has 2 atom stereocenters. The van der Waals surface area contributed by atoms with Crippen LogP contribution in [0.4, 0.5) is 0 Å². The van der Waals surface area contributed by atoms with E-state index in [1.165, 1.54) is 0 Å². The van der Waals surface area contributed by atoms with Gasteiger partial charge in [-0.1, -0.05) is 6.58 Å². The SMILES string of the molecule is C=C1CC[C@H]2OC(C)(C)O[C@H]2C1=O. The summed E-state index contributed by atoms with van der Waals surface area (Å²) in [5.74, 6) is -0.600. The van der Waals surface area contributed by atoms with Gasteiger partial charge in [0.1, 0.15) is 6.10 Å². The highest BCUT2D eigenvalue weighted by molar-refractivity contribution is 5.99. The van der Waals surface area contributed by atoms with Crippen LogP contribution in [-0.2, 0) is 14.3 Å². The van der Waals surface area contributed by atoms with Gasteiger partial charge in [0, 0.05) is 0 Å². The van der Waals surface area contributed by atoms with Gasteiger partial charge in [-0.25, -0.2) is 0 Å². The summed E-state index contributed by atoms with van der Waals surface area (Å²) in [6.07, 6.45) is 1.11. The van der Waals surface area contributed by atoms with Gasteiger partial charge in [-0.05, 0) is 32.3 Å². The molecular weight excluding hydrogens is 168 g/mol. The molecule has 13 heavy (non-hydrogen) atoms. The predicted molar refractivity (Wildman–Crippen MR) is 47.2 cm³/mol. The van der Waals surface area contributed by atoms with Crippen LogP contribution in [0.2, 0.25) is 0 Å². The molecule has 3 heteroatoms. The third-order valence-corrected chi connectivity index (χ3v) is 2.52.